The van der Waals surface area contributed by atoms with Crippen LogP contribution >= 0.6 is 0 Å². The normalized spacial score (nSPS) is 14.4. The van der Waals surface area contributed by atoms with Crippen LogP contribution in [0.1, 0.15) is 32.6 Å². The average Bonchev–Trinajstić information content (AvgIpc) is 3.10. The van der Waals surface area contributed by atoms with Gasteiger partial charge in [0.1, 0.15) is 5.75 Å². The van der Waals surface area contributed by atoms with Crippen LogP contribution in [0, 0.1) is 13.8 Å². The Bertz CT molecular complexity index is 1190. The second kappa shape index (κ2) is 8.17. The van der Waals surface area contributed by atoms with Gasteiger partial charge in [-0.2, -0.15) is 0 Å². The van der Waals surface area contributed by atoms with E-state index in [1.807, 2.05) is 50.2 Å². The summed E-state index contributed by atoms with van der Waals surface area (Å²) in [4.78, 5) is 28.7. The van der Waals surface area contributed by atoms with E-state index in [4.69, 9.17) is 9.47 Å². The maximum Gasteiger partial charge on any atom is 0.363 e. The lowest BCUT2D eigenvalue weighted by Crippen LogP contribution is -2.08. The predicted octanol–water partition coefficient (Wildman–Crippen LogP) is 4.87. The van der Waals surface area contributed by atoms with Gasteiger partial charge in [0.15, 0.2) is 5.70 Å². The lowest BCUT2D eigenvalue weighted by molar-refractivity contribution is -0.129. The van der Waals surface area contributed by atoms with Gasteiger partial charge in [0.2, 0.25) is 5.90 Å². The van der Waals surface area contributed by atoms with Gasteiger partial charge in [0, 0.05) is 5.56 Å². The third-order valence-corrected chi connectivity index (χ3v) is 4.53. The number of esters is 2. The van der Waals surface area contributed by atoms with E-state index in [1.165, 1.54) is 0 Å². The fourth-order valence-electron chi connectivity index (χ4n) is 3.04. The van der Waals surface area contributed by atoms with Crippen molar-refractivity contribution in [1.29, 1.82) is 0 Å². The second-order valence-electron chi connectivity index (χ2n) is 7.03. The maximum absolute atomic E-state index is 12.3. The minimum atomic E-state index is -0.499. The molecular weight excluding hydrogens is 378 g/mol. The Kier molecular flexibility index (Phi) is 5.26. The summed E-state index contributed by atoms with van der Waals surface area (Å²) in [5.74, 6) is -0.210. The Balaban J connectivity index is 1.49. The van der Waals surface area contributed by atoms with Crippen molar-refractivity contribution >= 4 is 23.9 Å². The maximum atomic E-state index is 12.3. The topological polar surface area (TPSA) is 65.0 Å². The van der Waals surface area contributed by atoms with Crippen LogP contribution in [-0.4, -0.2) is 17.8 Å². The van der Waals surface area contributed by atoms with Gasteiger partial charge in [-0.1, -0.05) is 47.5 Å². The quantitative estimate of drug-likeness (QED) is 0.358. The fourth-order valence-corrected chi connectivity index (χ4v) is 3.04. The van der Waals surface area contributed by atoms with Crippen LogP contribution in [0.4, 0.5) is 0 Å². The molecule has 0 aromatic heterocycles. The number of hydrogen-bond donors (Lipinski definition) is 0. The lowest BCUT2D eigenvalue weighted by Gasteiger charge is -2.05. The second-order valence-corrected chi connectivity index (χ2v) is 7.03. The zero-order valence-electron chi connectivity index (χ0n) is 16.6. The van der Waals surface area contributed by atoms with E-state index in [9.17, 15) is 9.59 Å². The summed E-state index contributed by atoms with van der Waals surface area (Å²) in [5, 5.41) is 0. The highest BCUT2D eigenvalue weighted by Crippen LogP contribution is 2.21. The van der Waals surface area contributed by atoms with Crippen LogP contribution in [0.2, 0.25) is 0 Å². The number of benzene rings is 3. The minimum Gasteiger partial charge on any atom is -0.423 e. The first-order valence-corrected chi connectivity index (χ1v) is 9.46. The summed E-state index contributed by atoms with van der Waals surface area (Å²) < 4.78 is 10.7. The molecule has 4 rings (SSSR count). The molecule has 1 aliphatic heterocycles. The van der Waals surface area contributed by atoms with Crippen molar-refractivity contribution in [3.63, 3.8) is 0 Å². The van der Waals surface area contributed by atoms with Crippen molar-refractivity contribution in [2.45, 2.75) is 13.8 Å². The minimum absolute atomic E-state index is 0.219. The molecule has 3 aromatic carbocycles. The summed E-state index contributed by atoms with van der Waals surface area (Å²) >= 11 is 0. The van der Waals surface area contributed by atoms with Gasteiger partial charge in [-0.05, 0) is 61.9 Å². The van der Waals surface area contributed by atoms with E-state index in [1.54, 1.807) is 42.5 Å². The van der Waals surface area contributed by atoms with Crippen molar-refractivity contribution in [1.82, 2.24) is 0 Å². The van der Waals surface area contributed by atoms with Gasteiger partial charge in [-0.3, -0.25) is 0 Å². The van der Waals surface area contributed by atoms with E-state index in [0.717, 1.165) is 22.3 Å². The molecule has 0 spiro atoms. The Labute approximate surface area is 174 Å². The summed E-state index contributed by atoms with van der Waals surface area (Å²) in [6.45, 7) is 3.88. The van der Waals surface area contributed by atoms with Crippen molar-refractivity contribution in [2.75, 3.05) is 0 Å². The number of nitrogens with zero attached hydrogens (tertiary/aromatic N) is 1. The van der Waals surface area contributed by atoms with E-state index in [2.05, 4.69) is 4.99 Å². The molecule has 5 nitrogen and oxygen atoms in total. The van der Waals surface area contributed by atoms with Gasteiger partial charge in [-0.15, -0.1) is 0 Å². The number of ether oxygens (including phenoxy) is 2. The van der Waals surface area contributed by atoms with Gasteiger partial charge in [0.25, 0.3) is 0 Å². The molecule has 0 radical (unpaired) electrons. The number of aryl methyl sites for hydroxylation is 2. The molecule has 3 aromatic rings. The van der Waals surface area contributed by atoms with Crippen LogP contribution < -0.4 is 4.74 Å². The van der Waals surface area contributed by atoms with E-state index in [-0.39, 0.29) is 5.70 Å². The fraction of sp³-hybridized carbons (Fsp3) is 0.0800. The van der Waals surface area contributed by atoms with Crippen LogP contribution in [0.5, 0.6) is 5.75 Å². The predicted molar refractivity (Wildman–Crippen MR) is 114 cm³/mol. The largest absolute Gasteiger partial charge is 0.423 e. The molecule has 0 N–H and O–H groups in total. The number of aliphatic imine (C=N–C) groups is 1. The zero-order valence-corrected chi connectivity index (χ0v) is 16.6. The lowest BCUT2D eigenvalue weighted by atomic mass is 10.1. The number of rotatable bonds is 4. The first-order chi connectivity index (χ1) is 14.5. The molecule has 0 amide bonds. The monoisotopic (exact) mass is 397 g/mol. The molecular formula is C25H19NO4. The van der Waals surface area contributed by atoms with Crippen LogP contribution in [0.15, 0.2) is 83.5 Å². The summed E-state index contributed by atoms with van der Waals surface area (Å²) in [6, 6.07) is 21.7. The Hall–Kier alpha value is -3.99. The van der Waals surface area contributed by atoms with Crippen LogP contribution in [0.25, 0.3) is 6.08 Å². The number of carbonyl (C=O) groups is 2. The Morgan fingerprint density at radius 2 is 1.63 bits per heavy atom. The average molecular weight is 397 g/mol. The molecule has 0 fully saturated rings. The summed E-state index contributed by atoms with van der Waals surface area (Å²) in [5.41, 5.74) is 4.25. The third kappa shape index (κ3) is 4.36. The first kappa shape index (κ1) is 19.3. The molecule has 1 heterocycles. The van der Waals surface area contributed by atoms with Gasteiger partial charge in [0.05, 0.1) is 5.56 Å². The van der Waals surface area contributed by atoms with E-state index < -0.39 is 11.9 Å². The molecule has 0 atom stereocenters. The van der Waals surface area contributed by atoms with Gasteiger partial charge >= 0.3 is 11.9 Å². The summed E-state index contributed by atoms with van der Waals surface area (Å²) in [7, 11) is 0. The zero-order chi connectivity index (χ0) is 21.1. The Morgan fingerprint density at radius 1 is 0.933 bits per heavy atom. The third-order valence-electron chi connectivity index (χ3n) is 4.53. The van der Waals surface area contributed by atoms with Crippen molar-refractivity contribution < 1.29 is 19.1 Å². The molecule has 148 valence electrons. The molecule has 0 unspecified atom stereocenters. The standard InChI is InChI=1S/C25H19NO4/c1-16-5-3-7-19(13-16)23-26-22(25(28)30-23)15-18-9-11-21(12-10-18)29-24(27)20-8-4-6-17(2)14-20/h3-15H,1-2H3/b22-15+. The van der Waals surface area contributed by atoms with Gasteiger partial charge < -0.3 is 9.47 Å². The molecule has 0 saturated heterocycles. The Morgan fingerprint density at radius 3 is 2.33 bits per heavy atom. The van der Waals surface area contributed by atoms with E-state index in [0.29, 0.717) is 17.2 Å². The van der Waals surface area contributed by atoms with Crippen molar-refractivity contribution in [2.24, 2.45) is 4.99 Å². The number of carbonyl (C=O) groups excluding carboxylic acids is 2. The highest BCUT2D eigenvalue weighted by Gasteiger charge is 2.24. The van der Waals surface area contributed by atoms with Crippen LogP contribution in [0.3, 0.4) is 0 Å². The number of hydrogen-bond acceptors (Lipinski definition) is 5. The smallest absolute Gasteiger partial charge is 0.363 e. The molecule has 0 aliphatic carbocycles. The first-order valence-electron chi connectivity index (χ1n) is 9.46. The SMILES string of the molecule is Cc1cccc(C(=O)Oc2ccc(/C=C3/N=C(c4cccc(C)c4)OC3=O)cc2)c1. The molecule has 0 saturated carbocycles. The molecule has 30 heavy (non-hydrogen) atoms. The highest BCUT2D eigenvalue weighted by atomic mass is 16.6. The molecule has 5 heteroatoms. The van der Waals surface area contributed by atoms with Crippen LogP contribution in [-0.2, 0) is 9.53 Å². The van der Waals surface area contributed by atoms with Gasteiger partial charge in [-0.25, -0.2) is 14.6 Å². The molecule has 1 aliphatic rings. The summed E-state index contributed by atoms with van der Waals surface area (Å²) in [6.07, 6.45) is 1.64. The molecule has 0 bridgehead atoms. The number of cyclic esters (lactones) is 1. The highest BCUT2D eigenvalue weighted by molar-refractivity contribution is 6.12. The van der Waals surface area contributed by atoms with E-state index >= 15 is 0 Å². The van der Waals surface area contributed by atoms with Crippen molar-refractivity contribution in [3.8, 4) is 5.75 Å². The van der Waals surface area contributed by atoms with Crippen molar-refractivity contribution in [3.05, 3.63) is 106 Å².